The first-order valence-corrected chi connectivity index (χ1v) is 10.0. The van der Waals surface area contributed by atoms with E-state index in [0.29, 0.717) is 0 Å². The van der Waals surface area contributed by atoms with Crippen LogP contribution in [0.2, 0.25) is 0 Å². The average Bonchev–Trinajstić information content (AvgIpc) is 2.99. The highest BCUT2D eigenvalue weighted by Crippen LogP contribution is 2.32. The Morgan fingerprint density at radius 3 is 2.50 bits per heavy atom. The van der Waals surface area contributed by atoms with Crippen molar-refractivity contribution in [2.24, 2.45) is 7.05 Å². The highest BCUT2D eigenvalue weighted by atomic mass is 16.5. The molecule has 1 aromatic heterocycles. The Kier molecular flexibility index (Phi) is 5.29. The molecule has 0 unspecified atom stereocenters. The molecule has 0 bridgehead atoms. The van der Waals surface area contributed by atoms with Crippen molar-refractivity contribution >= 4 is 16.6 Å². The van der Waals surface area contributed by atoms with Gasteiger partial charge in [0.25, 0.3) is 0 Å². The van der Waals surface area contributed by atoms with Crippen LogP contribution < -0.4 is 14.5 Å². The van der Waals surface area contributed by atoms with Crippen molar-refractivity contribution in [2.45, 2.75) is 13.0 Å². The van der Waals surface area contributed by atoms with Crippen LogP contribution in [-0.2, 0) is 7.05 Å². The SMILES string of the molecule is COc1ccc2c(c1)c([C@H](O)C[NH+]1CCN(c3ccccc3)CC1)c(C)n2C. The number of piperazine rings is 1. The number of benzene rings is 2. The molecule has 0 spiro atoms. The molecule has 2 heterocycles. The maximum Gasteiger partial charge on any atom is 0.130 e. The molecule has 1 atom stereocenters. The summed E-state index contributed by atoms with van der Waals surface area (Å²) in [5, 5.41) is 12.2. The third-order valence-electron chi connectivity index (χ3n) is 6.16. The quantitative estimate of drug-likeness (QED) is 0.711. The van der Waals surface area contributed by atoms with Gasteiger partial charge in [0.2, 0.25) is 0 Å². The number of ether oxygens (including phenoxy) is 1. The molecule has 0 saturated carbocycles. The lowest BCUT2D eigenvalue weighted by Gasteiger charge is -2.34. The standard InChI is InChI=1S/C23H29N3O2/c1-17-23(20-15-19(28-3)9-10-21(20)24(17)2)22(27)16-25-11-13-26(14-12-25)18-7-5-4-6-8-18/h4-10,15,22,27H,11-14,16H2,1-3H3/p+1/t22-/m1/s1. The van der Waals surface area contributed by atoms with Crippen LogP contribution in [0.5, 0.6) is 5.75 Å². The molecule has 1 aliphatic rings. The number of hydrogen-bond acceptors (Lipinski definition) is 3. The lowest BCUT2D eigenvalue weighted by molar-refractivity contribution is -0.904. The first kappa shape index (κ1) is 18.8. The molecule has 0 radical (unpaired) electrons. The molecule has 0 aliphatic carbocycles. The fourth-order valence-electron chi connectivity index (χ4n) is 4.43. The fraction of sp³-hybridized carbons (Fsp3) is 0.391. The van der Waals surface area contributed by atoms with E-state index in [-0.39, 0.29) is 0 Å². The summed E-state index contributed by atoms with van der Waals surface area (Å²) in [6.45, 7) is 6.95. The summed E-state index contributed by atoms with van der Waals surface area (Å²) in [6.07, 6.45) is -0.478. The van der Waals surface area contributed by atoms with Gasteiger partial charge < -0.3 is 24.2 Å². The lowest BCUT2D eigenvalue weighted by atomic mass is 10.0. The zero-order valence-electron chi connectivity index (χ0n) is 17.0. The van der Waals surface area contributed by atoms with E-state index < -0.39 is 6.10 Å². The van der Waals surface area contributed by atoms with Gasteiger partial charge >= 0.3 is 0 Å². The Hall–Kier alpha value is -2.50. The molecule has 4 rings (SSSR count). The number of anilines is 1. The van der Waals surface area contributed by atoms with Crippen LogP contribution in [0.4, 0.5) is 5.69 Å². The van der Waals surface area contributed by atoms with Gasteiger partial charge in [-0.15, -0.1) is 0 Å². The second-order valence-corrected chi connectivity index (χ2v) is 7.73. The number of fused-ring (bicyclic) bond motifs is 1. The molecular weight excluding hydrogens is 350 g/mol. The highest BCUT2D eigenvalue weighted by molar-refractivity contribution is 5.87. The van der Waals surface area contributed by atoms with Crippen molar-refractivity contribution in [1.82, 2.24) is 4.57 Å². The van der Waals surface area contributed by atoms with E-state index in [1.807, 2.05) is 12.1 Å². The Morgan fingerprint density at radius 1 is 1.11 bits per heavy atom. The molecule has 2 aromatic carbocycles. The maximum atomic E-state index is 11.1. The normalized spacial score (nSPS) is 16.5. The molecule has 2 N–H and O–H groups in total. The zero-order chi connectivity index (χ0) is 19.7. The second kappa shape index (κ2) is 7.86. The Labute approximate surface area is 166 Å². The summed E-state index contributed by atoms with van der Waals surface area (Å²) in [4.78, 5) is 3.89. The maximum absolute atomic E-state index is 11.1. The number of quaternary nitrogens is 1. The van der Waals surface area contributed by atoms with Crippen LogP contribution in [0.1, 0.15) is 17.4 Å². The van der Waals surface area contributed by atoms with Gasteiger partial charge in [-0.05, 0) is 37.3 Å². The van der Waals surface area contributed by atoms with Crippen molar-refractivity contribution in [2.75, 3.05) is 44.7 Å². The van der Waals surface area contributed by atoms with Crippen molar-refractivity contribution < 1.29 is 14.7 Å². The summed E-state index contributed by atoms with van der Waals surface area (Å²) in [5.41, 5.74) is 4.59. The van der Waals surface area contributed by atoms with Crippen molar-refractivity contribution in [3.05, 3.63) is 59.8 Å². The molecule has 28 heavy (non-hydrogen) atoms. The Morgan fingerprint density at radius 2 is 1.82 bits per heavy atom. The minimum absolute atomic E-state index is 0.478. The van der Waals surface area contributed by atoms with Crippen LogP contribution in [0.15, 0.2) is 48.5 Å². The molecule has 148 valence electrons. The minimum Gasteiger partial charge on any atom is -0.497 e. The van der Waals surface area contributed by atoms with Gasteiger partial charge in [0.05, 0.1) is 33.3 Å². The number of nitrogens with one attached hydrogen (secondary N) is 1. The lowest BCUT2D eigenvalue weighted by Crippen LogP contribution is -3.15. The molecule has 5 nitrogen and oxygen atoms in total. The van der Waals surface area contributed by atoms with Crippen LogP contribution in [0.25, 0.3) is 10.9 Å². The molecular formula is C23H30N3O2+. The zero-order valence-corrected chi connectivity index (χ0v) is 17.0. The van der Waals surface area contributed by atoms with Crippen LogP contribution in [0.3, 0.4) is 0 Å². The molecule has 3 aromatic rings. The Bertz CT molecular complexity index is 943. The van der Waals surface area contributed by atoms with Gasteiger partial charge in [-0.1, -0.05) is 18.2 Å². The molecule has 1 saturated heterocycles. The van der Waals surface area contributed by atoms with Gasteiger partial charge in [0, 0.05) is 34.9 Å². The van der Waals surface area contributed by atoms with E-state index in [0.717, 1.165) is 60.6 Å². The third-order valence-corrected chi connectivity index (χ3v) is 6.16. The fourth-order valence-corrected chi connectivity index (χ4v) is 4.43. The number of nitrogens with zero attached hydrogens (tertiary/aromatic N) is 2. The first-order chi connectivity index (χ1) is 13.6. The van der Waals surface area contributed by atoms with E-state index in [1.165, 1.54) is 10.6 Å². The first-order valence-electron chi connectivity index (χ1n) is 10.0. The number of aryl methyl sites for hydroxylation is 1. The predicted molar refractivity (Wildman–Crippen MR) is 113 cm³/mol. The van der Waals surface area contributed by atoms with Crippen LogP contribution in [-0.4, -0.2) is 49.5 Å². The largest absolute Gasteiger partial charge is 0.497 e. The van der Waals surface area contributed by atoms with Crippen molar-refractivity contribution in [3.63, 3.8) is 0 Å². The minimum atomic E-state index is -0.478. The highest BCUT2D eigenvalue weighted by Gasteiger charge is 2.26. The monoisotopic (exact) mass is 380 g/mol. The predicted octanol–water partition coefficient (Wildman–Crippen LogP) is 1.93. The van der Waals surface area contributed by atoms with Gasteiger partial charge in [0.15, 0.2) is 0 Å². The van der Waals surface area contributed by atoms with E-state index in [1.54, 1.807) is 7.11 Å². The number of rotatable bonds is 5. The topological polar surface area (TPSA) is 42.1 Å². The van der Waals surface area contributed by atoms with Gasteiger partial charge in [0.1, 0.15) is 18.4 Å². The van der Waals surface area contributed by atoms with Crippen molar-refractivity contribution in [3.8, 4) is 5.75 Å². The number of aliphatic hydroxyl groups excluding tert-OH is 1. The molecule has 1 aliphatic heterocycles. The summed E-state index contributed by atoms with van der Waals surface area (Å²) >= 11 is 0. The van der Waals surface area contributed by atoms with Gasteiger partial charge in [-0.2, -0.15) is 0 Å². The number of methoxy groups -OCH3 is 1. The average molecular weight is 381 g/mol. The Balaban J connectivity index is 1.49. The summed E-state index contributed by atoms with van der Waals surface area (Å²) < 4.78 is 7.57. The van der Waals surface area contributed by atoms with E-state index in [2.05, 4.69) is 59.8 Å². The molecule has 5 heteroatoms. The third kappa shape index (κ3) is 3.48. The number of aromatic nitrogens is 1. The van der Waals surface area contributed by atoms with Gasteiger partial charge in [-0.25, -0.2) is 0 Å². The number of hydrogen-bond donors (Lipinski definition) is 2. The van der Waals surface area contributed by atoms with Crippen LogP contribution in [0, 0.1) is 6.92 Å². The summed E-state index contributed by atoms with van der Waals surface area (Å²) in [6, 6.07) is 16.7. The van der Waals surface area contributed by atoms with E-state index >= 15 is 0 Å². The summed E-state index contributed by atoms with van der Waals surface area (Å²) in [7, 11) is 3.75. The summed E-state index contributed by atoms with van der Waals surface area (Å²) in [5.74, 6) is 0.829. The second-order valence-electron chi connectivity index (χ2n) is 7.73. The van der Waals surface area contributed by atoms with E-state index in [9.17, 15) is 5.11 Å². The van der Waals surface area contributed by atoms with Crippen LogP contribution >= 0.6 is 0 Å². The molecule has 1 fully saturated rings. The van der Waals surface area contributed by atoms with Crippen molar-refractivity contribution in [1.29, 1.82) is 0 Å². The van der Waals surface area contributed by atoms with E-state index in [4.69, 9.17) is 4.74 Å². The smallest absolute Gasteiger partial charge is 0.130 e. The number of aliphatic hydroxyl groups is 1. The molecule has 0 amide bonds. The number of para-hydroxylation sites is 1. The van der Waals surface area contributed by atoms with Gasteiger partial charge in [-0.3, -0.25) is 0 Å².